The molecule has 0 aliphatic carbocycles. The van der Waals surface area contributed by atoms with E-state index in [1.54, 1.807) is 6.07 Å². The van der Waals surface area contributed by atoms with Gasteiger partial charge in [0.2, 0.25) is 0 Å². The summed E-state index contributed by atoms with van der Waals surface area (Å²) in [6, 6.07) is 12.1. The van der Waals surface area contributed by atoms with Gasteiger partial charge in [-0.05, 0) is 55.2 Å². The van der Waals surface area contributed by atoms with Crippen LogP contribution in [0.4, 0.5) is 19.0 Å². The molecule has 9 heteroatoms. The molecule has 2 aromatic heterocycles. The maximum Gasteiger partial charge on any atom is 0.419 e. The summed E-state index contributed by atoms with van der Waals surface area (Å²) in [6.45, 7) is 3.29. The molecule has 3 heterocycles. The fourth-order valence-corrected chi connectivity index (χ4v) is 4.50. The summed E-state index contributed by atoms with van der Waals surface area (Å²) in [7, 11) is 1.23. The van der Waals surface area contributed by atoms with Crippen LogP contribution in [0.25, 0.3) is 27.8 Å². The van der Waals surface area contributed by atoms with E-state index in [0.29, 0.717) is 41.2 Å². The summed E-state index contributed by atoms with van der Waals surface area (Å²) in [5, 5.41) is 4.15. The third-order valence-electron chi connectivity index (χ3n) is 6.24. The fourth-order valence-electron chi connectivity index (χ4n) is 4.50. The molecule has 0 amide bonds. The number of hydrogen-bond acceptors (Lipinski definition) is 5. The predicted octanol–water partition coefficient (Wildman–Crippen LogP) is 6.01. The Kier molecular flexibility index (Phi) is 6.10. The van der Waals surface area contributed by atoms with Gasteiger partial charge in [0, 0.05) is 36.7 Å². The monoisotopic (exact) mass is 482 g/mol. The zero-order valence-electron chi connectivity index (χ0n) is 19.4. The number of rotatable bonds is 5. The minimum absolute atomic E-state index is 0.152. The fraction of sp³-hybridized carbons (Fsp3) is 0.308. The van der Waals surface area contributed by atoms with Gasteiger partial charge in [0.25, 0.3) is 0 Å². The van der Waals surface area contributed by atoms with Gasteiger partial charge in [-0.15, -0.1) is 0 Å². The van der Waals surface area contributed by atoms with Crippen LogP contribution in [0.1, 0.15) is 24.0 Å². The lowest BCUT2D eigenvalue weighted by Crippen LogP contribution is -2.28. The van der Waals surface area contributed by atoms with Gasteiger partial charge in [0.15, 0.2) is 5.65 Å². The van der Waals surface area contributed by atoms with Crippen molar-refractivity contribution in [3.63, 3.8) is 0 Å². The summed E-state index contributed by atoms with van der Waals surface area (Å²) in [5.74, 6) is 0.369. The summed E-state index contributed by atoms with van der Waals surface area (Å²) < 4.78 is 53.8. The Morgan fingerprint density at radius 2 is 1.89 bits per heavy atom. The molecule has 2 aromatic carbocycles. The number of methoxy groups -OCH3 is 1. The van der Waals surface area contributed by atoms with Crippen molar-refractivity contribution < 1.29 is 22.6 Å². The van der Waals surface area contributed by atoms with Crippen molar-refractivity contribution >= 4 is 16.9 Å². The molecule has 0 spiro atoms. The van der Waals surface area contributed by atoms with Gasteiger partial charge in [-0.25, -0.2) is 9.97 Å². The van der Waals surface area contributed by atoms with Crippen LogP contribution < -0.4 is 10.1 Å². The molecule has 1 saturated heterocycles. The van der Waals surface area contributed by atoms with E-state index in [2.05, 4.69) is 15.3 Å². The highest BCUT2D eigenvalue weighted by Crippen LogP contribution is 2.42. The van der Waals surface area contributed by atoms with Gasteiger partial charge in [-0.3, -0.25) is 0 Å². The van der Waals surface area contributed by atoms with E-state index in [-0.39, 0.29) is 11.8 Å². The van der Waals surface area contributed by atoms with E-state index in [1.807, 2.05) is 42.0 Å². The van der Waals surface area contributed by atoms with Crippen molar-refractivity contribution in [2.45, 2.75) is 32.0 Å². The zero-order valence-corrected chi connectivity index (χ0v) is 19.4. The number of nitrogens with one attached hydrogen (secondary N) is 1. The van der Waals surface area contributed by atoms with Gasteiger partial charge >= 0.3 is 6.18 Å². The minimum Gasteiger partial charge on any atom is -0.496 e. The Morgan fingerprint density at radius 1 is 1.09 bits per heavy atom. The summed E-state index contributed by atoms with van der Waals surface area (Å²) >= 11 is 0. The molecule has 1 aliphatic rings. The molecule has 182 valence electrons. The first kappa shape index (κ1) is 23.2. The van der Waals surface area contributed by atoms with E-state index in [4.69, 9.17) is 9.47 Å². The first-order valence-electron chi connectivity index (χ1n) is 11.4. The molecular formula is C26H25F3N4O2. The number of alkyl halides is 3. The number of halogens is 3. The van der Waals surface area contributed by atoms with Gasteiger partial charge in [-0.1, -0.05) is 18.2 Å². The molecule has 0 atom stereocenters. The van der Waals surface area contributed by atoms with Crippen molar-refractivity contribution in [3.8, 4) is 22.6 Å². The Bertz CT molecular complexity index is 1360. The first-order chi connectivity index (χ1) is 16.8. The molecule has 0 bridgehead atoms. The summed E-state index contributed by atoms with van der Waals surface area (Å²) in [4.78, 5) is 9.03. The maximum atomic E-state index is 13.8. The normalized spacial score (nSPS) is 14.9. The highest BCUT2D eigenvalue weighted by atomic mass is 19.4. The van der Waals surface area contributed by atoms with E-state index >= 15 is 0 Å². The van der Waals surface area contributed by atoms with Gasteiger partial charge < -0.3 is 19.4 Å². The molecular weight excluding hydrogens is 457 g/mol. The van der Waals surface area contributed by atoms with Crippen LogP contribution in [-0.4, -0.2) is 40.9 Å². The highest BCUT2D eigenvalue weighted by Gasteiger charge is 2.35. The van der Waals surface area contributed by atoms with Crippen LogP contribution >= 0.6 is 0 Å². The van der Waals surface area contributed by atoms with E-state index in [0.717, 1.165) is 30.2 Å². The maximum absolute atomic E-state index is 13.8. The number of ether oxygens (including phenoxy) is 2. The van der Waals surface area contributed by atoms with Crippen LogP contribution in [0.2, 0.25) is 0 Å². The van der Waals surface area contributed by atoms with Crippen molar-refractivity contribution in [1.29, 1.82) is 0 Å². The minimum atomic E-state index is -4.56. The van der Waals surface area contributed by atoms with E-state index < -0.39 is 11.7 Å². The number of aryl methyl sites for hydroxylation is 1. The van der Waals surface area contributed by atoms with Crippen LogP contribution in [0, 0.1) is 6.92 Å². The molecule has 35 heavy (non-hydrogen) atoms. The second-order valence-corrected chi connectivity index (χ2v) is 8.62. The molecule has 6 nitrogen and oxygen atoms in total. The highest BCUT2D eigenvalue weighted by molar-refractivity contribution is 6.02. The van der Waals surface area contributed by atoms with Crippen LogP contribution in [-0.2, 0) is 10.9 Å². The lowest BCUT2D eigenvalue weighted by molar-refractivity contribution is -0.138. The predicted molar refractivity (Wildman–Crippen MR) is 128 cm³/mol. The van der Waals surface area contributed by atoms with Crippen molar-refractivity contribution in [2.24, 2.45) is 0 Å². The second-order valence-electron chi connectivity index (χ2n) is 8.62. The van der Waals surface area contributed by atoms with Crippen molar-refractivity contribution in [1.82, 2.24) is 14.5 Å². The third kappa shape index (κ3) is 4.55. The smallest absolute Gasteiger partial charge is 0.419 e. The summed E-state index contributed by atoms with van der Waals surface area (Å²) in [6.07, 6.45) is 0.386. The Hall–Kier alpha value is -3.59. The van der Waals surface area contributed by atoms with Crippen LogP contribution in [0.15, 0.2) is 55.0 Å². The standard InChI is InChI=1S/C26H25F3N4O2/c1-16-4-3-5-19(12-16)33-14-20(17-6-7-22(34-2)21(13-17)26(27,28)29)23-24(30-15-31-25(23)33)32-18-8-10-35-11-9-18/h3-7,12-15,18H,8-11H2,1-2H3,(H,30,31,32). The van der Waals surface area contributed by atoms with Gasteiger partial charge in [0.1, 0.15) is 17.9 Å². The number of nitrogens with zero attached hydrogens (tertiary/aromatic N) is 3. The lowest BCUT2D eigenvalue weighted by Gasteiger charge is -2.24. The Morgan fingerprint density at radius 3 is 2.60 bits per heavy atom. The van der Waals surface area contributed by atoms with Crippen LogP contribution in [0.3, 0.4) is 0 Å². The third-order valence-corrected chi connectivity index (χ3v) is 6.24. The average Bonchev–Trinajstić information content (AvgIpc) is 3.24. The number of fused-ring (bicyclic) bond motifs is 1. The van der Waals surface area contributed by atoms with Crippen LogP contribution in [0.5, 0.6) is 5.75 Å². The Labute approximate surface area is 200 Å². The molecule has 1 aliphatic heterocycles. The molecule has 4 aromatic rings. The molecule has 1 fully saturated rings. The average molecular weight is 483 g/mol. The second kappa shape index (κ2) is 9.22. The number of hydrogen-bond donors (Lipinski definition) is 1. The Balaban J connectivity index is 1.73. The zero-order chi connectivity index (χ0) is 24.6. The number of anilines is 1. The molecule has 5 rings (SSSR count). The van der Waals surface area contributed by atoms with Crippen molar-refractivity contribution in [2.75, 3.05) is 25.6 Å². The quantitative estimate of drug-likeness (QED) is 0.377. The number of aromatic nitrogens is 3. The lowest BCUT2D eigenvalue weighted by atomic mass is 10.0. The van der Waals surface area contributed by atoms with Gasteiger partial charge in [-0.2, -0.15) is 13.2 Å². The number of benzene rings is 2. The van der Waals surface area contributed by atoms with E-state index in [1.165, 1.54) is 19.5 Å². The SMILES string of the molecule is COc1ccc(-c2cn(-c3cccc(C)c3)c3ncnc(NC4CCOCC4)c23)cc1C(F)(F)F. The molecule has 0 unspecified atom stereocenters. The van der Waals surface area contributed by atoms with Crippen molar-refractivity contribution in [3.05, 3.63) is 66.1 Å². The summed E-state index contributed by atoms with van der Waals surface area (Å²) in [5.41, 5.74) is 2.71. The van der Waals surface area contributed by atoms with E-state index in [9.17, 15) is 13.2 Å². The largest absolute Gasteiger partial charge is 0.496 e. The topological polar surface area (TPSA) is 61.2 Å². The molecule has 0 saturated carbocycles. The van der Waals surface area contributed by atoms with Gasteiger partial charge in [0.05, 0.1) is 18.1 Å². The molecule has 0 radical (unpaired) electrons. The first-order valence-corrected chi connectivity index (χ1v) is 11.4. The molecule has 1 N–H and O–H groups in total.